The first-order chi connectivity index (χ1) is 21.1. The molecular formula is C30H43N9O4. The van der Waals surface area contributed by atoms with Crippen LogP contribution in [0.5, 0.6) is 11.5 Å². The molecule has 1 aliphatic heterocycles. The highest BCUT2D eigenvalue weighted by Gasteiger charge is 2.30. The first-order valence-electron chi connectivity index (χ1n) is 15.4. The zero-order valence-electron chi connectivity index (χ0n) is 25.2. The Morgan fingerprint density at radius 3 is 2.53 bits per heavy atom. The van der Waals surface area contributed by atoms with Crippen LogP contribution in [0.3, 0.4) is 0 Å². The summed E-state index contributed by atoms with van der Waals surface area (Å²) in [6, 6.07) is 7.47. The second-order valence-corrected chi connectivity index (χ2v) is 11.3. The summed E-state index contributed by atoms with van der Waals surface area (Å²) >= 11 is 0. The average Bonchev–Trinajstić information content (AvgIpc) is 3.83. The summed E-state index contributed by atoms with van der Waals surface area (Å²) in [5.41, 5.74) is 1.63. The van der Waals surface area contributed by atoms with E-state index < -0.39 is 0 Å². The standard InChI is InChI=1S/C30H43N9O4/c1-42-25-11-8-12-26(43-2)30(25)24-20-28(34-39(24)22-9-4-5-10-22)38(21-40)23(14-18-37-16-6-3-7-17-37)19-29(41)31-15-13-27-32-35-36-33-27/h8,11-12,20-23H,3-7,9-10,13-19H2,1-2H3,(H,31,41)(H,32,33,35,36)/t23-/m0/s1. The molecular weight excluding hydrogens is 550 g/mol. The number of rotatable bonds is 15. The number of benzene rings is 1. The first kappa shape index (κ1) is 30.5. The molecule has 3 aromatic rings. The average molecular weight is 594 g/mol. The largest absolute Gasteiger partial charge is 0.496 e. The number of hydrogen-bond acceptors (Lipinski definition) is 9. The van der Waals surface area contributed by atoms with Crippen LogP contribution in [0.25, 0.3) is 11.3 Å². The van der Waals surface area contributed by atoms with E-state index in [-0.39, 0.29) is 24.4 Å². The fourth-order valence-corrected chi connectivity index (χ4v) is 6.29. The van der Waals surface area contributed by atoms with Crippen molar-refractivity contribution < 1.29 is 19.1 Å². The second-order valence-electron chi connectivity index (χ2n) is 11.3. The van der Waals surface area contributed by atoms with Gasteiger partial charge < -0.3 is 19.7 Å². The number of amides is 2. The van der Waals surface area contributed by atoms with E-state index in [1.165, 1.54) is 19.3 Å². The zero-order valence-corrected chi connectivity index (χ0v) is 25.2. The first-order valence-corrected chi connectivity index (χ1v) is 15.4. The Morgan fingerprint density at radius 1 is 1.14 bits per heavy atom. The predicted octanol–water partition coefficient (Wildman–Crippen LogP) is 3.15. The summed E-state index contributed by atoms with van der Waals surface area (Å²) in [6.45, 7) is 3.27. The smallest absolute Gasteiger partial charge is 0.222 e. The van der Waals surface area contributed by atoms with Crippen molar-refractivity contribution in [2.75, 3.05) is 45.3 Å². The Kier molecular flexibility index (Phi) is 10.6. The van der Waals surface area contributed by atoms with Gasteiger partial charge in [0, 0.05) is 38.0 Å². The zero-order chi connectivity index (χ0) is 30.0. The number of anilines is 1. The normalized spacial score (nSPS) is 16.6. The number of nitrogens with one attached hydrogen (secondary N) is 2. The van der Waals surface area contributed by atoms with Gasteiger partial charge in [-0.3, -0.25) is 19.2 Å². The van der Waals surface area contributed by atoms with Crippen LogP contribution in [0.2, 0.25) is 0 Å². The Bertz CT molecular complexity index is 1290. The number of nitrogens with zero attached hydrogens (tertiary/aromatic N) is 7. The van der Waals surface area contributed by atoms with Crippen molar-refractivity contribution >= 4 is 18.1 Å². The minimum Gasteiger partial charge on any atom is -0.496 e. The highest BCUT2D eigenvalue weighted by molar-refractivity contribution is 5.83. The van der Waals surface area contributed by atoms with E-state index in [1.807, 2.05) is 28.9 Å². The molecule has 0 unspecified atom stereocenters. The molecule has 2 aliphatic rings. The molecule has 2 aromatic heterocycles. The molecule has 1 aromatic carbocycles. The van der Waals surface area contributed by atoms with Crippen LogP contribution in [0.4, 0.5) is 5.82 Å². The van der Waals surface area contributed by atoms with E-state index in [4.69, 9.17) is 14.6 Å². The van der Waals surface area contributed by atoms with Gasteiger partial charge in [0.25, 0.3) is 0 Å². The molecule has 43 heavy (non-hydrogen) atoms. The fraction of sp³-hybridized carbons (Fsp3) is 0.600. The molecule has 1 saturated carbocycles. The van der Waals surface area contributed by atoms with Gasteiger partial charge in [-0.05, 0) is 57.3 Å². The minimum atomic E-state index is -0.371. The van der Waals surface area contributed by atoms with Crippen LogP contribution in [0.1, 0.15) is 69.7 Å². The Balaban J connectivity index is 1.43. The molecule has 2 amide bonds. The topological polar surface area (TPSA) is 143 Å². The summed E-state index contributed by atoms with van der Waals surface area (Å²) in [7, 11) is 3.28. The molecule has 5 rings (SSSR count). The summed E-state index contributed by atoms with van der Waals surface area (Å²) in [6.07, 6.45) is 9.96. The number of hydrogen-bond donors (Lipinski definition) is 2. The van der Waals surface area contributed by atoms with Gasteiger partial charge in [0.2, 0.25) is 12.3 Å². The molecule has 1 atom stereocenters. The fourth-order valence-electron chi connectivity index (χ4n) is 6.29. The van der Waals surface area contributed by atoms with Gasteiger partial charge in [-0.25, -0.2) is 0 Å². The van der Waals surface area contributed by atoms with Crippen LogP contribution >= 0.6 is 0 Å². The maximum absolute atomic E-state index is 13.2. The van der Waals surface area contributed by atoms with Gasteiger partial charge in [-0.15, -0.1) is 10.2 Å². The van der Waals surface area contributed by atoms with Crippen LogP contribution in [0, 0.1) is 0 Å². The number of ether oxygens (including phenoxy) is 2. The molecule has 0 spiro atoms. The molecule has 13 heteroatoms. The van der Waals surface area contributed by atoms with Gasteiger partial charge in [-0.2, -0.15) is 10.3 Å². The molecule has 0 bridgehead atoms. The summed E-state index contributed by atoms with van der Waals surface area (Å²) < 4.78 is 13.5. The van der Waals surface area contributed by atoms with Crippen molar-refractivity contribution in [3.63, 3.8) is 0 Å². The maximum atomic E-state index is 13.2. The highest BCUT2D eigenvalue weighted by atomic mass is 16.5. The SMILES string of the molecule is COc1cccc(OC)c1-c1cc(N(C=O)[C@@H](CCN2CCCCC2)CC(=O)NCCc2nn[nH]n2)nn1C1CCCC1. The third kappa shape index (κ3) is 7.51. The van der Waals surface area contributed by atoms with Gasteiger partial charge >= 0.3 is 0 Å². The lowest BCUT2D eigenvalue weighted by molar-refractivity contribution is -0.121. The van der Waals surface area contributed by atoms with Crippen molar-refractivity contribution in [3.05, 3.63) is 30.1 Å². The second kappa shape index (κ2) is 14.9. The van der Waals surface area contributed by atoms with Crippen molar-refractivity contribution in [3.8, 4) is 22.8 Å². The van der Waals surface area contributed by atoms with Crippen LogP contribution in [-0.2, 0) is 16.0 Å². The third-order valence-electron chi connectivity index (χ3n) is 8.56. The summed E-state index contributed by atoms with van der Waals surface area (Å²) in [4.78, 5) is 30.1. The van der Waals surface area contributed by atoms with Gasteiger partial charge in [0.05, 0.1) is 31.5 Å². The van der Waals surface area contributed by atoms with E-state index in [9.17, 15) is 9.59 Å². The molecule has 3 heterocycles. The molecule has 0 radical (unpaired) electrons. The van der Waals surface area contributed by atoms with Gasteiger partial charge in [-0.1, -0.05) is 30.5 Å². The van der Waals surface area contributed by atoms with Crippen LogP contribution in [-0.4, -0.2) is 94.1 Å². The number of carbonyl (C=O) groups excluding carboxylic acids is 2. The number of methoxy groups -OCH3 is 2. The van der Waals surface area contributed by atoms with E-state index in [2.05, 4.69) is 30.8 Å². The molecule has 1 saturated heterocycles. The number of aromatic nitrogens is 6. The number of likely N-dealkylation sites (tertiary alicyclic amines) is 1. The van der Waals surface area contributed by atoms with E-state index in [0.717, 1.165) is 63.0 Å². The lowest BCUT2D eigenvalue weighted by Crippen LogP contribution is -2.42. The molecule has 13 nitrogen and oxygen atoms in total. The van der Waals surface area contributed by atoms with Crippen molar-refractivity contribution in [1.82, 2.24) is 40.6 Å². The third-order valence-corrected chi connectivity index (χ3v) is 8.56. The Labute approximate surface area is 252 Å². The van der Waals surface area contributed by atoms with Gasteiger partial charge in [0.15, 0.2) is 11.6 Å². The summed E-state index contributed by atoms with van der Waals surface area (Å²) in [5.74, 6) is 2.26. The van der Waals surface area contributed by atoms with E-state index in [0.29, 0.717) is 42.5 Å². The number of tetrazole rings is 1. The number of piperidine rings is 1. The monoisotopic (exact) mass is 593 g/mol. The minimum absolute atomic E-state index is 0.138. The van der Waals surface area contributed by atoms with E-state index >= 15 is 0 Å². The number of carbonyl (C=O) groups is 2. The molecule has 2 N–H and O–H groups in total. The van der Waals surface area contributed by atoms with Crippen molar-refractivity contribution in [2.45, 2.75) is 76.3 Å². The molecule has 232 valence electrons. The highest BCUT2D eigenvalue weighted by Crippen LogP contribution is 2.43. The Hall–Kier alpha value is -4.00. The maximum Gasteiger partial charge on any atom is 0.222 e. The summed E-state index contributed by atoms with van der Waals surface area (Å²) in [5, 5.41) is 21.9. The quantitative estimate of drug-likeness (QED) is 0.254. The van der Waals surface area contributed by atoms with Gasteiger partial charge in [0.1, 0.15) is 11.5 Å². The van der Waals surface area contributed by atoms with E-state index in [1.54, 1.807) is 19.1 Å². The van der Waals surface area contributed by atoms with Crippen molar-refractivity contribution in [2.24, 2.45) is 0 Å². The van der Waals surface area contributed by atoms with Crippen molar-refractivity contribution in [1.29, 1.82) is 0 Å². The predicted molar refractivity (Wildman–Crippen MR) is 161 cm³/mol. The Morgan fingerprint density at radius 2 is 1.88 bits per heavy atom. The number of H-pyrrole nitrogens is 1. The van der Waals surface area contributed by atoms with Crippen LogP contribution < -0.4 is 19.7 Å². The molecule has 2 fully saturated rings. The lowest BCUT2D eigenvalue weighted by Gasteiger charge is -2.31. The molecule has 1 aliphatic carbocycles. The lowest BCUT2D eigenvalue weighted by atomic mass is 10.1. The van der Waals surface area contributed by atoms with Crippen LogP contribution in [0.15, 0.2) is 24.3 Å². The number of aromatic amines is 1.